The molecule has 0 aromatic carbocycles. The molecule has 2 aromatic rings. The number of rotatable bonds is 1. The van der Waals surface area contributed by atoms with Crippen molar-refractivity contribution >= 4 is 27.2 Å². The van der Waals surface area contributed by atoms with Crippen LogP contribution < -0.4 is 10.2 Å². The molecule has 0 amide bonds. The van der Waals surface area contributed by atoms with Crippen LogP contribution >= 0.6 is 11.3 Å². The van der Waals surface area contributed by atoms with Crippen LogP contribution in [0.4, 0.5) is 5.82 Å². The van der Waals surface area contributed by atoms with E-state index in [-0.39, 0.29) is 0 Å². The Labute approximate surface area is 105 Å². The molecular weight excluding hydrogens is 230 g/mol. The predicted octanol–water partition coefficient (Wildman–Crippen LogP) is 2.40. The highest BCUT2D eigenvalue weighted by molar-refractivity contribution is 7.19. The molecule has 0 radical (unpaired) electrons. The maximum absolute atomic E-state index is 4.58. The molecule has 0 aliphatic carbocycles. The first-order valence-corrected chi connectivity index (χ1v) is 6.89. The monoisotopic (exact) mass is 247 g/mol. The van der Waals surface area contributed by atoms with Gasteiger partial charge in [-0.15, -0.1) is 11.3 Å². The Morgan fingerprint density at radius 2 is 2.41 bits per heavy atom. The van der Waals surface area contributed by atoms with Crippen LogP contribution in [0.3, 0.4) is 0 Å². The van der Waals surface area contributed by atoms with Gasteiger partial charge in [0.15, 0.2) is 0 Å². The summed E-state index contributed by atoms with van der Waals surface area (Å²) in [4.78, 5) is 8.34. The minimum absolute atomic E-state index is 0.542. The second-order valence-electron chi connectivity index (χ2n) is 4.70. The molecule has 90 valence electrons. The van der Waals surface area contributed by atoms with Crippen molar-refractivity contribution in [3.8, 4) is 0 Å². The largest absolute Gasteiger partial charge is 0.353 e. The number of nitrogens with zero attached hydrogens (tertiary/aromatic N) is 2. The molecule has 1 aliphatic rings. The second-order valence-corrected chi connectivity index (χ2v) is 5.99. The molecule has 3 heterocycles. The van der Waals surface area contributed by atoms with E-state index in [0.717, 1.165) is 25.5 Å². The zero-order valence-electron chi connectivity index (χ0n) is 10.2. The molecule has 3 rings (SSSR count). The molecule has 1 saturated heterocycles. The third-order valence-electron chi connectivity index (χ3n) is 3.22. The zero-order chi connectivity index (χ0) is 11.8. The van der Waals surface area contributed by atoms with E-state index >= 15 is 0 Å². The van der Waals surface area contributed by atoms with Crippen LogP contribution in [0.2, 0.25) is 0 Å². The van der Waals surface area contributed by atoms with Crippen molar-refractivity contribution in [2.75, 3.05) is 24.5 Å². The number of hydrogen-bond acceptors (Lipinski definition) is 4. The molecule has 1 unspecified atom stereocenters. The van der Waals surface area contributed by atoms with Crippen LogP contribution in [0.25, 0.3) is 10.1 Å². The molecule has 1 atom stereocenters. The predicted molar refractivity (Wildman–Crippen MR) is 74.0 cm³/mol. The van der Waals surface area contributed by atoms with Gasteiger partial charge in [-0.2, -0.15) is 0 Å². The Kier molecular flexibility index (Phi) is 2.76. The average molecular weight is 247 g/mol. The number of thiophene rings is 1. The first-order chi connectivity index (χ1) is 8.24. The Hall–Kier alpha value is -1.13. The average Bonchev–Trinajstić information content (AvgIpc) is 2.68. The zero-order valence-corrected chi connectivity index (χ0v) is 11.0. The normalized spacial score (nSPS) is 21.1. The van der Waals surface area contributed by atoms with Crippen LogP contribution in [-0.2, 0) is 0 Å². The van der Waals surface area contributed by atoms with Crippen LogP contribution in [0, 0.1) is 6.92 Å². The van der Waals surface area contributed by atoms with Crippen LogP contribution in [-0.4, -0.2) is 30.7 Å². The molecule has 1 aliphatic heterocycles. The number of nitrogens with one attached hydrogen (secondary N) is 1. The summed E-state index contributed by atoms with van der Waals surface area (Å²) in [5, 5.41) is 4.78. The maximum Gasteiger partial charge on any atom is 0.137 e. The van der Waals surface area contributed by atoms with E-state index in [0.29, 0.717) is 6.04 Å². The Morgan fingerprint density at radius 3 is 3.24 bits per heavy atom. The number of fused-ring (bicyclic) bond motifs is 1. The van der Waals surface area contributed by atoms with Crippen molar-refractivity contribution in [1.29, 1.82) is 0 Å². The van der Waals surface area contributed by atoms with Gasteiger partial charge in [-0.25, -0.2) is 4.98 Å². The number of hydrogen-bond donors (Lipinski definition) is 1. The summed E-state index contributed by atoms with van der Waals surface area (Å²) in [6, 6.07) is 4.91. The minimum Gasteiger partial charge on any atom is -0.353 e. The lowest BCUT2D eigenvalue weighted by atomic mass is 10.2. The summed E-state index contributed by atoms with van der Waals surface area (Å²) >= 11 is 1.85. The van der Waals surface area contributed by atoms with Gasteiger partial charge in [0.05, 0.1) is 0 Å². The fraction of sp³-hybridized carbons (Fsp3) is 0.462. The topological polar surface area (TPSA) is 28.2 Å². The van der Waals surface area contributed by atoms with E-state index in [4.69, 9.17) is 0 Å². The van der Waals surface area contributed by atoms with E-state index in [1.807, 2.05) is 17.5 Å². The fourth-order valence-corrected chi connectivity index (χ4v) is 3.37. The third kappa shape index (κ3) is 2.03. The third-order valence-corrected chi connectivity index (χ3v) is 4.23. The molecule has 1 fully saturated rings. The van der Waals surface area contributed by atoms with Gasteiger partial charge < -0.3 is 10.2 Å². The summed E-state index contributed by atoms with van der Waals surface area (Å²) in [7, 11) is 0. The van der Waals surface area contributed by atoms with E-state index in [1.54, 1.807) is 0 Å². The molecule has 2 aromatic heterocycles. The Morgan fingerprint density at radius 1 is 1.53 bits per heavy atom. The molecule has 0 spiro atoms. The van der Waals surface area contributed by atoms with Gasteiger partial charge in [-0.1, -0.05) is 0 Å². The molecule has 17 heavy (non-hydrogen) atoms. The molecule has 0 bridgehead atoms. The lowest BCUT2D eigenvalue weighted by Crippen LogP contribution is -2.49. The van der Waals surface area contributed by atoms with Gasteiger partial charge in [0, 0.05) is 46.8 Å². The number of piperazine rings is 1. The summed E-state index contributed by atoms with van der Waals surface area (Å²) in [6.07, 6.45) is 1.93. The van der Waals surface area contributed by atoms with Gasteiger partial charge in [0.2, 0.25) is 0 Å². The molecule has 1 N–H and O–H groups in total. The van der Waals surface area contributed by atoms with Gasteiger partial charge in [0.25, 0.3) is 0 Å². The Balaban J connectivity index is 2.04. The highest BCUT2D eigenvalue weighted by atomic mass is 32.1. The van der Waals surface area contributed by atoms with Crippen LogP contribution in [0.5, 0.6) is 0 Å². The van der Waals surface area contributed by atoms with E-state index in [2.05, 4.69) is 41.2 Å². The molecule has 0 saturated carbocycles. The lowest BCUT2D eigenvalue weighted by molar-refractivity contribution is 0.483. The smallest absolute Gasteiger partial charge is 0.137 e. The van der Waals surface area contributed by atoms with Gasteiger partial charge in [-0.05, 0) is 26.0 Å². The van der Waals surface area contributed by atoms with Gasteiger partial charge >= 0.3 is 0 Å². The Bertz CT molecular complexity index is 534. The fourth-order valence-electron chi connectivity index (χ4n) is 2.45. The number of anilines is 1. The van der Waals surface area contributed by atoms with Crippen molar-refractivity contribution in [2.24, 2.45) is 0 Å². The van der Waals surface area contributed by atoms with E-state index in [9.17, 15) is 0 Å². The summed E-state index contributed by atoms with van der Waals surface area (Å²) in [5.41, 5.74) is 0. The van der Waals surface area contributed by atoms with Gasteiger partial charge in [-0.3, -0.25) is 0 Å². The van der Waals surface area contributed by atoms with Crippen molar-refractivity contribution in [2.45, 2.75) is 19.9 Å². The first-order valence-electron chi connectivity index (χ1n) is 6.07. The second kappa shape index (κ2) is 4.27. The quantitative estimate of drug-likeness (QED) is 0.838. The van der Waals surface area contributed by atoms with Crippen molar-refractivity contribution in [3.63, 3.8) is 0 Å². The molecular formula is C13H17N3S. The summed E-state index contributed by atoms with van der Waals surface area (Å²) in [5.74, 6) is 1.15. The van der Waals surface area contributed by atoms with E-state index < -0.39 is 0 Å². The minimum atomic E-state index is 0.542. The van der Waals surface area contributed by atoms with Crippen molar-refractivity contribution in [1.82, 2.24) is 10.3 Å². The van der Waals surface area contributed by atoms with E-state index in [1.165, 1.54) is 15.0 Å². The number of aryl methyl sites for hydroxylation is 1. The standard InChI is InChI=1S/C13H17N3S/c1-9-8-16(6-5-14-9)13-11-7-10(2)17-12(11)3-4-15-13/h3-4,7,9,14H,5-6,8H2,1-2H3. The SMILES string of the molecule is Cc1cc2c(N3CCNC(C)C3)nccc2s1. The molecule has 3 nitrogen and oxygen atoms in total. The lowest BCUT2D eigenvalue weighted by Gasteiger charge is -2.33. The first kappa shape index (κ1) is 11.0. The number of aromatic nitrogens is 1. The van der Waals surface area contributed by atoms with Crippen LogP contribution in [0.1, 0.15) is 11.8 Å². The summed E-state index contributed by atoms with van der Waals surface area (Å²) in [6.45, 7) is 7.52. The summed E-state index contributed by atoms with van der Waals surface area (Å²) < 4.78 is 1.35. The van der Waals surface area contributed by atoms with Crippen molar-refractivity contribution < 1.29 is 0 Å². The number of pyridine rings is 1. The highest BCUT2D eigenvalue weighted by Gasteiger charge is 2.19. The van der Waals surface area contributed by atoms with Gasteiger partial charge in [0.1, 0.15) is 5.82 Å². The highest BCUT2D eigenvalue weighted by Crippen LogP contribution is 2.31. The van der Waals surface area contributed by atoms with Crippen LogP contribution in [0.15, 0.2) is 18.3 Å². The molecule has 4 heteroatoms. The maximum atomic E-state index is 4.58. The van der Waals surface area contributed by atoms with Crippen molar-refractivity contribution in [3.05, 3.63) is 23.2 Å².